The number of hydrogen-bond acceptors (Lipinski definition) is 4. The number of halogens is 1. The minimum absolute atomic E-state index is 0.0156. The molecule has 0 aromatic carbocycles. The Balaban J connectivity index is 1.66. The number of nitrogens with one attached hydrogen (secondary N) is 1. The third-order valence-electron chi connectivity index (χ3n) is 3.54. The Bertz CT molecular complexity index is 450. The molecule has 0 unspecified atom stereocenters. The average molecular weight is 273 g/mol. The van der Waals surface area contributed by atoms with E-state index in [4.69, 9.17) is 22.1 Å². The third-order valence-corrected chi connectivity index (χ3v) is 4.77. The highest BCUT2D eigenvalue weighted by Crippen LogP contribution is 2.38. The molecule has 1 saturated heterocycles. The maximum Gasteiger partial charge on any atom is 0.261 e. The number of rotatable bonds is 2. The first-order chi connectivity index (χ1) is 8.16. The summed E-state index contributed by atoms with van der Waals surface area (Å²) in [4.78, 5) is 12.5. The highest BCUT2D eigenvalue weighted by atomic mass is 35.5. The van der Waals surface area contributed by atoms with Gasteiger partial charge in [-0.1, -0.05) is 11.6 Å². The van der Waals surface area contributed by atoms with Crippen molar-refractivity contribution in [2.24, 2.45) is 11.7 Å². The van der Waals surface area contributed by atoms with E-state index in [0.717, 1.165) is 13.0 Å². The maximum atomic E-state index is 11.9. The van der Waals surface area contributed by atoms with Crippen molar-refractivity contribution in [3.8, 4) is 0 Å². The number of hydrogen-bond donors (Lipinski definition) is 2. The van der Waals surface area contributed by atoms with E-state index in [9.17, 15) is 4.79 Å². The number of thiophene rings is 1. The van der Waals surface area contributed by atoms with E-state index in [1.54, 1.807) is 12.1 Å². The molecule has 1 aliphatic carbocycles. The van der Waals surface area contributed by atoms with Crippen LogP contribution in [0, 0.1) is 5.92 Å². The second kappa shape index (κ2) is 4.24. The number of nitrogens with two attached hydrogens (primary N) is 1. The van der Waals surface area contributed by atoms with Crippen molar-refractivity contribution >= 4 is 28.8 Å². The zero-order chi connectivity index (χ0) is 12.0. The van der Waals surface area contributed by atoms with Gasteiger partial charge in [-0.05, 0) is 18.6 Å². The van der Waals surface area contributed by atoms with Crippen molar-refractivity contribution in [2.75, 3.05) is 6.61 Å². The molecule has 3 rings (SSSR count). The summed E-state index contributed by atoms with van der Waals surface area (Å²) in [7, 11) is 0. The zero-order valence-electron chi connectivity index (χ0n) is 9.06. The van der Waals surface area contributed by atoms with Gasteiger partial charge < -0.3 is 15.8 Å². The van der Waals surface area contributed by atoms with Gasteiger partial charge in [0, 0.05) is 18.6 Å². The molecule has 4 nitrogen and oxygen atoms in total. The van der Waals surface area contributed by atoms with Gasteiger partial charge in [-0.2, -0.15) is 0 Å². The summed E-state index contributed by atoms with van der Waals surface area (Å²) in [5.41, 5.74) is 6.02. The van der Waals surface area contributed by atoms with Crippen molar-refractivity contribution < 1.29 is 9.53 Å². The fourth-order valence-corrected chi connectivity index (χ4v) is 3.53. The number of carbonyl (C=O) groups is 1. The predicted octanol–water partition coefficient (Wildman–Crippen LogP) is 1.25. The summed E-state index contributed by atoms with van der Waals surface area (Å²) >= 11 is 7.07. The van der Waals surface area contributed by atoms with Crippen LogP contribution in [0.3, 0.4) is 0 Å². The molecule has 1 aromatic rings. The van der Waals surface area contributed by atoms with E-state index in [1.165, 1.54) is 11.3 Å². The van der Waals surface area contributed by atoms with Gasteiger partial charge in [0.2, 0.25) is 0 Å². The molecule has 0 spiro atoms. The summed E-state index contributed by atoms with van der Waals surface area (Å²) in [5.74, 6) is 0.295. The first-order valence-electron chi connectivity index (χ1n) is 5.60. The molecule has 1 aliphatic heterocycles. The molecule has 92 valence electrons. The lowest BCUT2D eigenvalue weighted by atomic mass is 9.72. The normalized spacial score (nSPS) is 35.2. The van der Waals surface area contributed by atoms with Crippen LogP contribution in [0.25, 0.3) is 0 Å². The Morgan fingerprint density at radius 1 is 1.59 bits per heavy atom. The van der Waals surface area contributed by atoms with E-state index in [0.29, 0.717) is 15.1 Å². The van der Waals surface area contributed by atoms with Crippen molar-refractivity contribution in [2.45, 2.75) is 24.6 Å². The molecule has 1 amide bonds. The van der Waals surface area contributed by atoms with Gasteiger partial charge in [-0.3, -0.25) is 4.79 Å². The smallest absolute Gasteiger partial charge is 0.261 e. The number of ether oxygens (including phenoxy) is 1. The molecular formula is C11H13ClN2O2S. The van der Waals surface area contributed by atoms with E-state index >= 15 is 0 Å². The summed E-state index contributed by atoms with van der Waals surface area (Å²) in [5, 5.41) is 2.93. The van der Waals surface area contributed by atoms with Crippen molar-refractivity contribution in [1.82, 2.24) is 5.32 Å². The van der Waals surface area contributed by atoms with Gasteiger partial charge in [0.25, 0.3) is 5.91 Å². The fraction of sp³-hybridized carbons (Fsp3) is 0.545. The summed E-state index contributed by atoms with van der Waals surface area (Å²) in [6, 6.07) is 3.40. The van der Waals surface area contributed by atoms with Crippen molar-refractivity contribution in [1.29, 1.82) is 0 Å². The maximum absolute atomic E-state index is 11.9. The lowest BCUT2D eigenvalue weighted by molar-refractivity contribution is -0.0160. The van der Waals surface area contributed by atoms with Gasteiger partial charge in [0.1, 0.15) is 0 Å². The Hall–Kier alpha value is -0.620. The average Bonchev–Trinajstić information content (AvgIpc) is 2.92. The Labute approximate surface area is 108 Å². The summed E-state index contributed by atoms with van der Waals surface area (Å²) < 4.78 is 6.17. The quantitative estimate of drug-likeness (QED) is 0.852. The van der Waals surface area contributed by atoms with Crippen LogP contribution >= 0.6 is 22.9 Å². The summed E-state index contributed by atoms with van der Waals surface area (Å²) in [6.07, 6.45) is 1.10. The van der Waals surface area contributed by atoms with Crippen LogP contribution in [-0.2, 0) is 4.74 Å². The molecular weight excluding hydrogens is 260 g/mol. The second-order valence-corrected chi connectivity index (χ2v) is 6.18. The molecule has 0 bridgehead atoms. The van der Waals surface area contributed by atoms with E-state index in [2.05, 4.69) is 5.32 Å². The Kier molecular flexibility index (Phi) is 2.86. The summed E-state index contributed by atoms with van der Waals surface area (Å²) in [6.45, 7) is 0.750. The molecule has 0 radical (unpaired) electrons. The lowest BCUT2D eigenvalue weighted by Gasteiger charge is -2.45. The van der Waals surface area contributed by atoms with Crippen LogP contribution in [0.2, 0.25) is 4.34 Å². The highest BCUT2D eigenvalue weighted by molar-refractivity contribution is 7.17. The fourth-order valence-electron chi connectivity index (χ4n) is 2.59. The van der Waals surface area contributed by atoms with Gasteiger partial charge in [-0.15, -0.1) is 11.3 Å². The van der Waals surface area contributed by atoms with Crippen LogP contribution in [0.1, 0.15) is 16.1 Å². The minimum Gasteiger partial charge on any atom is -0.376 e. The number of fused-ring (bicyclic) bond motifs is 1. The molecule has 6 heteroatoms. The Morgan fingerprint density at radius 2 is 2.41 bits per heavy atom. The zero-order valence-corrected chi connectivity index (χ0v) is 10.6. The molecule has 1 aromatic heterocycles. The Morgan fingerprint density at radius 3 is 3.12 bits per heavy atom. The van der Waals surface area contributed by atoms with Gasteiger partial charge in [-0.25, -0.2) is 0 Å². The molecule has 4 atom stereocenters. The van der Waals surface area contributed by atoms with Crippen LogP contribution in [0.5, 0.6) is 0 Å². The number of carbonyl (C=O) groups excluding carboxylic acids is 1. The first kappa shape index (κ1) is 11.5. The molecule has 2 heterocycles. The van der Waals surface area contributed by atoms with Crippen LogP contribution in [0.15, 0.2) is 12.1 Å². The van der Waals surface area contributed by atoms with E-state index in [1.807, 2.05) is 0 Å². The molecule has 2 fully saturated rings. The topological polar surface area (TPSA) is 64.3 Å². The first-order valence-corrected chi connectivity index (χ1v) is 6.79. The second-order valence-electron chi connectivity index (χ2n) is 4.47. The molecule has 1 saturated carbocycles. The van der Waals surface area contributed by atoms with Crippen molar-refractivity contribution in [3.05, 3.63) is 21.3 Å². The van der Waals surface area contributed by atoms with Crippen LogP contribution in [-0.4, -0.2) is 30.7 Å². The molecule has 3 N–H and O–H groups in total. The monoisotopic (exact) mass is 272 g/mol. The molecule has 17 heavy (non-hydrogen) atoms. The largest absolute Gasteiger partial charge is 0.376 e. The standard InChI is InChI=1S/C11H13ClN2O2S/c12-7-2-1-6(17-7)11(15)14-9-8(13)5-3-4-16-10(5)9/h1-2,5,8-10H,3-4,13H2,(H,14,15)/t5-,8+,9-,10-/m1/s1. The third kappa shape index (κ3) is 1.87. The number of amides is 1. The van der Waals surface area contributed by atoms with Gasteiger partial charge >= 0.3 is 0 Å². The minimum atomic E-state index is -0.115. The van der Waals surface area contributed by atoms with Crippen molar-refractivity contribution in [3.63, 3.8) is 0 Å². The highest BCUT2D eigenvalue weighted by Gasteiger charge is 2.52. The predicted molar refractivity (Wildman–Crippen MR) is 66.4 cm³/mol. The van der Waals surface area contributed by atoms with Gasteiger partial charge in [0.05, 0.1) is 21.4 Å². The lowest BCUT2D eigenvalue weighted by Crippen LogP contribution is -2.68. The van der Waals surface area contributed by atoms with Crippen LogP contribution in [0.4, 0.5) is 0 Å². The SMILES string of the molecule is N[C@H]1[C@H]2CCO[C@H]2[C@@H]1NC(=O)c1ccc(Cl)s1. The molecule has 2 aliphatic rings. The van der Waals surface area contributed by atoms with E-state index < -0.39 is 0 Å². The van der Waals surface area contributed by atoms with Crippen LogP contribution < -0.4 is 11.1 Å². The van der Waals surface area contributed by atoms with E-state index in [-0.39, 0.29) is 24.1 Å². The van der Waals surface area contributed by atoms with Gasteiger partial charge in [0.15, 0.2) is 0 Å².